The van der Waals surface area contributed by atoms with E-state index in [9.17, 15) is 18.4 Å². The quantitative estimate of drug-likeness (QED) is 0.0940. The largest absolute Gasteiger partial charge is 0.491 e. The van der Waals surface area contributed by atoms with Crippen molar-refractivity contribution in [3.8, 4) is 33.8 Å². The van der Waals surface area contributed by atoms with Gasteiger partial charge in [0.25, 0.3) is 11.8 Å². The van der Waals surface area contributed by atoms with Crippen molar-refractivity contribution in [3.63, 3.8) is 0 Å². The van der Waals surface area contributed by atoms with Gasteiger partial charge in [-0.3, -0.25) is 14.6 Å². The van der Waals surface area contributed by atoms with Gasteiger partial charge in [-0.2, -0.15) is 0 Å². The molecule has 4 aromatic heterocycles. The van der Waals surface area contributed by atoms with Crippen molar-refractivity contribution in [1.29, 1.82) is 0 Å². The van der Waals surface area contributed by atoms with E-state index in [1.807, 2.05) is 30.6 Å². The minimum Gasteiger partial charge on any atom is -0.423 e. The minimum absolute atomic E-state index is 0.0169. The van der Waals surface area contributed by atoms with Gasteiger partial charge in [-0.15, -0.1) is 0 Å². The minimum atomic E-state index is -1.72. The number of rotatable bonds is 2. The van der Waals surface area contributed by atoms with Gasteiger partial charge in [0.15, 0.2) is 0 Å². The van der Waals surface area contributed by atoms with E-state index >= 15 is 0 Å². The molecule has 2 aromatic carbocycles. The zero-order chi connectivity index (χ0) is 39.9. The van der Waals surface area contributed by atoms with Crippen LogP contribution in [0.25, 0.3) is 33.8 Å². The smallest absolute Gasteiger partial charge is 0.423 e. The number of halogens is 3. The van der Waals surface area contributed by atoms with E-state index in [1.165, 1.54) is 35.9 Å². The second-order valence-corrected chi connectivity index (χ2v) is 16.6. The number of amides is 2. The Morgan fingerprint density at radius 1 is 0.655 bits per heavy atom. The molecule has 2 fully saturated rings. The molecule has 12 rings (SSSR count). The van der Waals surface area contributed by atoms with Gasteiger partial charge in [-0.05, 0) is 104 Å². The average molecular weight is 799 g/mol. The lowest BCUT2D eigenvalue weighted by Gasteiger charge is -2.24. The second kappa shape index (κ2) is 13.7. The number of benzene rings is 2. The molecule has 0 radical (unpaired) electrons. The van der Waals surface area contributed by atoms with E-state index in [-0.39, 0.29) is 34.2 Å². The average Bonchev–Trinajstić information content (AvgIpc) is 4.05. The normalized spacial score (nSPS) is 17.7. The third-order valence-electron chi connectivity index (χ3n) is 12.4. The van der Waals surface area contributed by atoms with Gasteiger partial charge in [-0.25, -0.2) is 13.8 Å². The molecular formula is C44H38BClF2N6O4. The molecule has 6 N–H and O–H groups in total. The molecule has 2 aliphatic heterocycles. The van der Waals surface area contributed by atoms with Crippen LogP contribution in [0.4, 0.5) is 8.78 Å². The molecule has 0 saturated heterocycles. The van der Waals surface area contributed by atoms with E-state index in [0.29, 0.717) is 16.4 Å². The van der Waals surface area contributed by atoms with Crippen LogP contribution in [0.15, 0.2) is 73.1 Å². The van der Waals surface area contributed by atoms with Crippen molar-refractivity contribution < 1.29 is 28.4 Å². The highest BCUT2D eigenvalue weighted by Crippen LogP contribution is 2.47. The monoisotopic (exact) mass is 798 g/mol. The molecule has 10 nitrogen and oxygen atoms in total. The van der Waals surface area contributed by atoms with E-state index in [0.717, 1.165) is 126 Å². The van der Waals surface area contributed by atoms with E-state index in [4.69, 9.17) is 21.6 Å². The molecule has 0 atom stereocenters. The zero-order valence-electron chi connectivity index (χ0n) is 31.3. The Hall–Kier alpha value is -5.63. The van der Waals surface area contributed by atoms with Crippen LogP contribution in [0.1, 0.15) is 80.0 Å². The Morgan fingerprint density at radius 2 is 1.17 bits per heavy atom. The number of hydrogen-bond acceptors (Lipinski definition) is 6. The van der Waals surface area contributed by atoms with Crippen LogP contribution < -0.4 is 16.1 Å². The lowest BCUT2D eigenvalue weighted by molar-refractivity contribution is 0.0908. The van der Waals surface area contributed by atoms with Gasteiger partial charge in [0.2, 0.25) is 0 Å². The molecule has 292 valence electrons. The Balaban J connectivity index is 0.000000117. The predicted octanol–water partition coefficient (Wildman–Crippen LogP) is 5.95. The van der Waals surface area contributed by atoms with Crippen molar-refractivity contribution >= 4 is 36.0 Å². The summed E-state index contributed by atoms with van der Waals surface area (Å²) in [6, 6.07) is 16.1. The fraction of sp³-hybridized carbons (Fsp3) is 0.273. The molecular weight excluding hydrogens is 761 g/mol. The van der Waals surface area contributed by atoms with Gasteiger partial charge in [0.05, 0.1) is 28.2 Å². The van der Waals surface area contributed by atoms with Crippen LogP contribution >= 0.6 is 11.6 Å². The Labute approximate surface area is 337 Å². The standard InChI is InChI=1S/C22H18FN3O.C16H14ClN3O.C6H6BFO2/c23-16-4-2-1-3-13(16)17-9-15-12(11-24-17)5-6-14-19-18(25-20(14)15)10-22(7-8-22)26-21(19)27;17-12-5-10-8(7-18-12)1-2-9-13-11(19-14(9)10)6-16(3-4-16)20-15(13)21;8-6-4-2-1-3-5(6)7(9)10/h1-4,9,11,25H,5-8,10H2,(H,26,27);5,7,19H,1-4,6H2,(H,20,21);1-4,9-10H. The van der Waals surface area contributed by atoms with Gasteiger partial charge in [-0.1, -0.05) is 41.9 Å². The van der Waals surface area contributed by atoms with Gasteiger partial charge in [0.1, 0.15) is 16.8 Å². The molecule has 14 heteroatoms. The topological polar surface area (TPSA) is 156 Å². The maximum absolute atomic E-state index is 14.2. The van der Waals surface area contributed by atoms with Crippen molar-refractivity contribution in [2.24, 2.45) is 0 Å². The van der Waals surface area contributed by atoms with E-state index in [2.05, 4.69) is 30.6 Å². The molecule has 2 amide bonds. The first-order valence-electron chi connectivity index (χ1n) is 19.6. The number of aromatic nitrogens is 4. The summed E-state index contributed by atoms with van der Waals surface area (Å²) in [5.41, 5.74) is 13.7. The summed E-state index contributed by atoms with van der Waals surface area (Å²) in [7, 11) is -1.72. The Bertz CT molecular complexity index is 2690. The number of nitrogens with zero attached hydrogens (tertiary/aromatic N) is 2. The van der Waals surface area contributed by atoms with Crippen molar-refractivity contribution in [2.45, 2.75) is 75.3 Å². The summed E-state index contributed by atoms with van der Waals surface area (Å²) in [4.78, 5) is 40.9. The van der Waals surface area contributed by atoms with Gasteiger partial charge in [0, 0.05) is 69.9 Å². The first kappa shape index (κ1) is 36.7. The van der Waals surface area contributed by atoms with Crippen molar-refractivity contribution in [3.05, 3.63) is 135 Å². The molecule has 6 heterocycles. The highest BCUT2D eigenvalue weighted by Gasteiger charge is 2.50. The summed E-state index contributed by atoms with van der Waals surface area (Å²) in [5, 5.41) is 23.9. The van der Waals surface area contributed by atoms with Crippen LogP contribution in [-0.4, -0.2) is 60.0 Å². The molecule has 0 unspecified atom stereocenters. The lowest BCUT2D eigenvalue weighted by atomic mass is 9.80. The Kier molecular flexibility index (Phi) is 8.70. The van der Waals surface area contributed by atoms with E-state index < -0.39 is 12.9 Å². The van der Waals surface area contributed by atoms with Crippen LogP contribution in [0, 0.1) is 11.6 Å². The van der Waals surface area contributed by atoms with Gasteiger partial charge >= 0.3 is 7.12 Å². The number of aryl methyl sites for hydroxylation is 2. The Morgan fingerprint density at radius 3 is 1.69 bits per heavy atom. The molecule has 6 aromatic rings. The summed E-state index contributed by atoms with van der Waals surface area (Å²) in [5.74, 6) is -0.729. The maximum Gasteiger partial charge on any atom is 0.491 e. The van der Waals surface area contributed by atoms with Crippen LogP contribution in [0.3, 0.4) is 0 Å². The van der Waals surface area contributed by atoms with Crippen LogP contribution in [-0.2, 0) is 38.5 Å². The molecule has 58 heavy (non-hydrogen) atoms. The number of carbonyl (C=O) groups is 2. The number of pyridine rings is 2. The van der Waals surface area contributed by atoms with Crippen molar-refractivity contribution in [2.75, 3.05) is 0 Å². The fourth-order valence-electron chi connectivity index (χ4n) is 9.07. The first-order chi connectivity index (χ1) is 28.0. The lowest BCUT2D eigenvalue weighted by Crippen LogP contribution is -2.43. The molecule has 6 aliphatic rings. The molecule has 2 saturated carbocycles. The van der Waals surface area contributed by atoms with Gasteiger partial charge < -0.3 is 30.6 Å². The van der Waals surface area contributed by atoms with Crippen molar-refractivity contribution in [1.82, 2.24) is 30.6 Å². The highest BCUT2D eigenvalue weighted by atomic mass is 35.5. The number of hydrogen-bond donors (Lipinski definition) is 6. The third-order valence-corrected chi connectivity index (χ3v) is 12.6. The SMILES string of the molecule is O=C1NC2(CC2)Cc2[nH]c3c(c21)CCc1cnc(-c2ccccc2F)cc1-3.O=C1NC2(CC2)Cc2[nH]c3c(c21)CCc1cnc(Cl)cc1-3.OB(O)c1ccccc1F. The predicted molar refractivity (Wildman–Crippen MR) is 216 cm³/mol. The van der Waals surface area contributed by atoms with Crippen LogP contribution in [0.2, 0.25) is 5.15 Å². The second-order valence-electron chi connectivity index (χ2n) is 16.3. The molecule has 0 bridgehead atoms. The third kappa shape index (κ3) is 6.41. The zero-order valence-corrected chi connectivity index (χ0v) is 32.1. The maximum atomic E-state index is 14.2. The fourth-order valence-corrected chi connectivity index (χ4v) is 9.23. The number of nitrogens with one attached hydrogen (secondary N) is 4. The highest BCUT2D eigenvalue weighted by molar-refractivity contribution is 6.58. The first-order valence-corrected chi connectivity index (χ1v) is 20.0. The van der Waals surface area contributed by atoms with Crippen LogP contribution in [0.5, 0.6) is 0 Å². The summed E-state index contributed by atoms with van der Waals surface area (Å²) in [6.07, 6.45) is 13.3. The number of aromatic amines is 2. The number of carbonyl (C=O) groups excluding carboxylic acids is 2. The summed E-state index contributed by atoms with van der Waals surface area (Å²) >= 11 is 6.05. The summed E-state index contributed by atoms with van der Waals surface area (Å²) in [6.45, 7) is 0. The number of H-pyrrole nitrogens is 2. The molecule has 2 spiro atoms. The van der Waals surface area contributed by atoms with E-state index in [1.54, 1.807) is 12.1 Å². The molecule has 4 aliphatic carbocycles. The number of fused-ring (bicyclic) bond motifs is 10. The summed E-state index contributed by atoms with van der Waals surface area (Å²) < 4.78 is 26.8.